The number of hydrogen-bond donors (Lipinski definition) is 1. The van der Waals surface area contributed by atoms with Crippen LogP contribution in [0.15, 0.2) is 12.1 Å². The van der Waals surface area contributed by atoms with Gasteiger partial charge in [-0.2, -0.15) is 0 Å². The number of nitrogens with two attached hydrogens (primary N) is 1. The zero-order chi connectivity index (χ0) is 13.1. The molecular weight excluding hydrogens is 235 g/mol. The van der Waals surface area contributed by atoms with Gasteiger partial charge in [0.05, 0.1) is 6.61 Å². The van der Waals surface area contributed by atoms with Gasteiger partial charge in [0.25, 0.3) is 0 Å². The Kier molecular flexibility index (Phi) is 4.22. The van der Waals surface area contributed by atoms with Crippen LogP contribution in [-0.2, 0) is 4.74 Å². The van der Waals surface area contributed by atoms with E-state index in [2.05, 4.69) is 4.74 Å². The molecule has 17 heavy (non-hydrogen) atoms. The zero-order valence-electron chi connectivity index (χ0n) is 9.60. The molecule has 0 atom stereocenters. The van der Waals surface area contributed by atoms with Crippen molar-refractivity contribution in [2.45, 2.75) is 20.2 Å². The van der Waals surface area contributed by atoms with Crippen molar-refractivity contribution in [1.29, 1.82) is 0 Å². The first-order valence-electron chi connectivity index (χ1n) is 5.00. The highest BCUT2D eigenvalue weighted by molar-refractivity contribution is 5.52. The van der Waals surface area contributed by atoms with Crippen LogP contribution < -0.4 is 10.5 Å². The van der Waals surface area contributed by atoms with Crippen LogP contribution in [0, 0.1) is 13.8 Å². The van der Waals surface area contributed by atoms with Gasteiger partial charge in [-0.1, -0.05) is 0 Å². The normalized spacial score (nSPS) is 11.6. The average molecular weight is 249 g/mol. The van der Waals surface area contributed by atoms with Gasteiger partial charge >= 0.3 is 6.36 Å². The summed E-state index contributed by atoms with van der Waals surface area (Å²) in [5, 5.41) is 0. The van der Waals surface area contributed by atoms with Crippen LogP contribution in [0.1, 0.15) is 11.1 Å². The monoisotopic (exact) mass is 249 g/mol. The molecule has 1 aromatic rings. The van der Waals surface area contributed by atoms with E-state index in [1.807, 2.05) is 0 Å². The van der Waals surface area contributed by atoms with Gasteiger partial charge in [0.15, 0.2) is 0 Å². The smallest absolute Gasteiger partial charge is 0.491 e. The summed E-state index contributed by atoms with van der Waals surface area (Å²) in [4.78, 5) is 0. The molecule has 0 aromatic heterocycles. The minimum atomic E-state index is -4.62. The lowest BCUT2D eigenvalue weighted by Crippen LogP contribution is -2.18. The number of nitrogen functional groups attached to an aromatic ring is 1. The van der Waals surface area contributed by atoms with E-state index in [1.165, 1.54) is 0 Å². The molecule has 0 spiro atoms. The van der Waals surface area contributed by atoms with Crippen molar-refractivity contribution >= 4 is 5.69 Å². The van der Waals surface area contributed by atoms with E-state index < -0.39 is 13.0 Å². The molecule has 96 valence electrons. The first-order valence-corrected chi connectivity index (χ1v) is 5.00. The number of hydrogen-bond acceptors (Lipinski definition) is 3. The Morgan fingerprint density at radius 2 is 1.65 bits per heavy atom. The van der Waals surface area contributed by atoms with Crippen molar-refractivity contribution < 1.29 is 22.6 Å². The molecule has 6 heteroatoms. The van der Waals surface area contributed by atoms with Crippen molar-refractivity contribution in [3.63, 3.8) is 0 Å². The summed E-state index contributed by atoms with van der Waals surface area (Å²) in [5.74, 6) is 0.546. The van der Waals surface area contributed by atoms with Gasteiger partial charge in [-0.3, -0.25) is 4.74 Å². The van der Waals surface area contributed by atoms with E-state index in [-0.39, 0.29) is 6.61 Å². The highest BCUT2D eigenvalue weighted by Gasteiger charge is 2.28. The largest absolute Gasteiger partial charge is 0.522 e. The second-order valence-corrected chi connectivity index (χ2v) is 3.63. The Balaban J connectivity index is 2.53. The van der Waals surface area contributed by atoms with E-state index in [0.717, 1.165) is 11.1 Å². The lowest BCUT2D eigenvalue weighted by atomic mass is 10.1. The zero-order valence-corrected chi connectivity index (χ0v) is 9.60. The fraction of sp³-hybridized carbons (Fsp3) is 0.455. The topological polar surface area (TPSA) is 44.5 Å². The molecule has 0 radical (unpaired) electrons. The molecule has 3 nitrogen and oxygen atoms in total. The van der Waals surface area contributed by atoms with Crippen molar-refractivity contribution in [2.24, 2.45) is 0 Å². The van der Waals surface area contributed by atoms with Gasteiger partial charge in [-0.25, -0.2) is 0 Å². The number of ether oxygens (including phenoxy) is 2. The highest BCUT2D eigenvalue weighted by Crippen LogP contribution is 2.25. The van der Waals surface area contributed by atoms with Crippen LogP contribution in [0.2, 0.25) is 0 Å². The van der Waals surface area contributed by atoms with Crippen molar-refractivity contribution in [3.05, 3.63) is 23.3 Å². The molecule has 1 aromatic carbocycles. The van der Waals surface area contributed by atoms with Gasteiger partial charge < -0.3 is 10.5 Å². The molecule has 0 saturated heterocycles. The molecule has 0 saturated carbocycles. The third kappa shape index (κ3) is 4.52. The number of alkyl halides is 3. The first kappa shape index (κ1) is 13.6. The molecule has 0 amide bonds. The van der Waals surface area contributed by atoms with Crippen LogP contribution in [-0.4, -0.2) is 19.6 Å². The van der Waals surface area contributed by atoms with E-state index in [9.17, 15) is 13.2 Å². The Bertz CT molecular complexity index is 368. The summed E-state index contributed by atoms with van der Waals surface area (Å²) in [7, 11) is 0. The minimum absolute atomic E-state index is 0.162. The van der Waals surface area contributed by atoms with E-state index in [4.69, 9.17) is 10.5 Å². The predicted molar refractivity (Wildman–Crippen MR) is 57.8 cm³/mol. The highest BCUT2D eigenvalue weighted by atomic mass is 19.4. The quantitative estimate of drug-likeness (QED) is 0.659. The van der Waals surface area contributed by atoms with E-state index in [0.29, 0.717) is 11.4 Å². The van der Waals surface area contributed by atoms with Gasteiger partial charge in [0.1, 0.15) is 12.4 Å². The van der Waals surface area contributed by atoms with Crippen LogP contribution >= 0.6 is 0 Å². The molecule has 0 unspecified atom stereocenters. The lowest BCUT2D eigenvalue weighted by Gasteiger charge is -2.13. The first-order chi connectivity index (χ1) is 7.79. The predicted octanol–water partition coefficient (Wildman–Crippen LogP) is 2.80. The van der Waals surface area contributed by atoms with Crippen LogP contribution in [0.25, 0.3) is 0 Å². The molecule has 0 fully saturated rings. The second-order valence-electron chi connectivity index (χ2n) is 3.63. The van der Waals surface area contributed by atoms with Gasteiger partial charge in [-0.15, -0.1) is 13.2 Å². The number of halogens is 3. The Labute approximate surface area is 97.3 Å². The molecule has 2 N–H and O–H groups in total. The van der Waals surface area contributed by atoms with Crippen molar-refractivity contribution in [2.75, 3.05) is 18.9 Å². The average Bonchev–Trinajstić information content (AvgIpc) is 2.13. The molecule has 0 bridgehead atoms. The molecule has 0 aliphatic heterocycles. The number of benzene rings is 1. The summed E-state index contributed by atoms with van der Waals surface area (Å²) in [6.45, 7) is 2.87. The van der Waals surface area contributed by atoms with Crippen LogP contribution in [0.5, 0.6) is 5.75 Å². The summed E-state index contributed by atoms with van der Waals surface area (Å²) in [6.07, 6.45) is -4.62. The van der Waals surface area contributed by atoms with E-state index >= 15 is 0 Å². The summed E-state index contributed by atoms with van der Waals surface area (Å²) in [6, 6.07) is 3.40. The fourth-order valence-corrected chi connectivity index (χ4v) is 1.51. The molecule has 0 aliphatic rings. The minimum Gasteiger partial charge on any atom is -0.491 e. The van der Waals surface area contributed by atoms with Crippen molar-refractivity contribution in [1.82, 2.24) is 0 Å². The fourth-order valence-electron chi connectivity index (χ4n) is 1.51. The molecule has 0 heterocycles. The maximum Gasteiger partial charge on any atom is 0.522 e. The Hall–Kier alpha value is -1.43. The Morgan fingerprint density at radius 3 is 2.12 bits per heavy atom. The lowest BCUT2D eigenvalue weighted by molar-refractivity contribution is -0.325. The number of aryl methyl sites for hydroxylation is 2. The second kappa shape index (κ2) is 5.27. The maximum absolute atomic E-state index is 11.7. The summed E-state index contributed by atoms with van der Waals surface area (Å²) < 4.78 is 43.9. The number of rotatable bonds is 4. The Morgan fingerprint density at radius 1 is 1.12 bits per heavy atom. The molecule has 0 aliphatic carbocycles. The van der Waals surface area contributed by atoms with Crippen LogP contribution in [0.4, 0.5) is 18.9 Å². The van der Waals surface area contributed by atoms with Gasteiger partial charge in [-0.05, 0) is 37.1 Å². The van der Waals surface area contributed by atoms with E-state index in [1.54, 1.807) is 26.0 Å². The van der Waals surface area contributed by atoms with Crippen molar-refractivity contribution in [3.8, 4) is 5.75 Å². The third-order valence-electron chi connectivity index (χ3n) is 2.08. The third-order valence-corrected chi connectivity index (χ3v) is 2.08. The van der Waals surface area contributed by atoms with Gasteiger partial charge in [0, 0.05) is 5.69 Å². The molecule has 1 rings (SSSR count). The summed E-state index contributed by atoms with van der Waals surface area (Å²) >= 11 is 0. The molecular formula is C11H14F3NO2. The maximum atomic E-state index is 11.7. The van der Waals surface area contributed by atoms with Crippen LogP contribution in [0.3, 0.4) is 0 Å². The van der Waals surface area contributed by atoms with Gasteiger partial charge in [0.2, 0.25) is 0 Å². The number of anilines is 1. The summed E-state index contributed by atoms with van der Waals surface area (Å²) in [5.41, 5.74) is 7.78. The SMILES string of the molecule is Cc1cc(N)cc(C)c1OCCOC(F)(F)F. The standard InChI is InChI=1S/C11H14F3NO2/c1-7-5-9(15)6-8(2)10(7)16-3-4-17-11(12,13)14/h5-6H,3-4,15H2,1-2H3.